The van der Waals surface area contributed by atoms with Crippen molar-refractivity contribution in [2.24, 2.45) is 0 Å². The lowest BCUT2D eigenvalue weighted by Crippen LogP contribution is -2.35. The molecule has 0 unspecified atom stereocenters. The first kappa shape index (κ1) is 21.6. The predicted octanol–water partition coefficient (Wildman–Crippen LogP) is 3.38. The van der Waals surface area contributed by atoms with Crippen LogP contribution >= 0.6 is 0 Å². The van der Waals surface area contributed by atoms with Gasteiger partial charge in [0.2, 0.25) is 0 Å². The molecule has 158 valence electrons. The van der Waals surface area contributed by atoms with Gasteiger partial charge in [0.25, 0.3) is 11.7 Å². The quantitative estimate of drug-likeness (QED) is 0.432. The standard InChI is InChI=1S/C24H28N2O4/c1-5-30-19-12-10-17(11-13-19)21-20(22(27)18-8-6-16(2)7-9-18)23(28)24(29)26(21)15-14-25(3)4/h6-13,21,27H,5,14-15H2,1-4H3/b22-20+/t21-/m0/s1. The highest BCUT2D eigenvalue weighted by molar-refractivity contribution is 6.46. The van der Waals surface area contributed by atoms with Gasteiger partial charge in [-0.25, -0.2) is 0 Å². The van der Waals surface area contributed by atoms with Crippen molar-refractivity contribution in [1.29, 1.82) is 0 Å². The van der Waals surface area contributed by atoms with Gasteiger partial charge in [-0.1, -0.05) is 42.0 Å². The third-order valence-corrected chi connectivity index (χ3v) is 5.16. The van der Waals surface area contributed by atoms with Crippen LogP contribution in [0, 0.1) is 6.92 Å². The highest BCUT2D eigenvalue weighted by atomic mass is 16.5. The summed E-state index contributed by atoms with van der Waals surface area (Å²) in [6.07, 6.45) is 0. The van der Waals surface area contributed by atoms with E-state index in [1.807, 2.05) is 69.2 Å². The van der Waals surface area contributed by atoms with Crippen molar-refractivity contribution >= 4 is 17.4 Å². The van der Waals surface area contributed by atoms with Gasteiger partial charge < -0.3 is 19.6 Å². The Labute approximate surface area is 177 Å². The van der Waals surface area contributed by atoms with Gasteiger partial charge in [0.05, 0.1) is 18.2 Å². The van der Waals surface area contributed by atoms with Crippen LogP contribution in [0.25, 0.3) is 5.76 Å². The molecule has 1 amide bonds. The Bertz CT molecular complexity index is 946. The Balaban J connectivity index is 2.10. The van der Waals surface area contributed by atoms with E-state index in [1.165, 1.54) is 4.90 Å². The summed E-state index contributed by atoms with van der Waals surface area (Å²) in [5.74, 6) is -0.695. The molecule has 3 rings (SSSR count). The van der Waals surface area contributed by atoms with Gasteiger partial charge in [-0.3, -0.25) is 9.59 Å². The molecule has 1 saturated heterocycles. The molecule has 0 spiro atoms. The van der Waals surface area contributed by atoms with Crippen molar-refractivity contribution in [2.75, 3.05) is 33.8 Å². The molecular weight excluding hydrogens is 380 g/mol. The zero-order valence-electron chi connectivity index (χ0n) is 17.9. The van der Waals surface area contributed by atoms with Crippen LogP contribution in [0.1, 0.15) is 29.7 Å². The fourth-order valence-corrected chi connectivity index (χ4v) is 3.54. The first-order valence-electron chi connectivity index (χ1n) is 10.1. The van der Waals surface area contributed by atoms with E-state index in [1.54, 1.807) is 12.1 Å². The SMILES string of the molecule is CCOc1ccc([C@H]2/C(=C(\O)c3ccc(C)cc3)C(=O)C(=O)N2CCN(C)C)cc1. The maximum Gasteiger partial charge on any atom is 0.295 e. The number of likely N-dealkylation sites (N-methyl/N-ethyl adjacent to an activating group) is 1. The second-order valence-corrected chi connectivity index (χ2v) is 7.66. The van der Waals surface area contributed by atoms with E-state index in [9.17, 15) is 14.7 Å². The molecule has 1 aliphatic heterocycles. The number of ketones is 1. The molecule has 1 fully saturated rings. The van der Waals surface area contributed by atoms with Crippen LogP contribution in [0.2, 0.25) is 0 Å². The zero-order valence-corrected chi connectivity index (χ0v) is 17.9. The molecule has 0 aromatic heterocycles. The lowest BCUT2D eigenvalue weighted by molar-refractivity contribution is -0.140. The summed E-state index contributed by atoms with van der Waals surface area (Å²) in [6, 6.07) is 13.9. The molecule has 0 aliphatic carbocycles. The Morgan fingerprint density at radius 3 is 2.27 bits per heavy atom. The highest BCUT2D eigenvalue weighted by Gasteiger charge is 2.45. The maximum absolute atomic E-state index is 12.9. The van der Waals surface area contributed by atoms with Crippen molar-refractivity contribution in [1.82, 2.24) is 9.80 Å². The third kappa shape index (κ3) is 4.39. The Morgan fingerprint density at radius 2 is 1.70 bits per heavy atom. The van der Waals surface area contributed by atoms with E-state index in [0.717, 1.165) is 11.1 Å². The van der Waals surface area contributed by atoms with Gasteiger partial charge in [-0.2, -0.15) is 0 Å². The summed E-state index contributed by atoms with van der Waals surface area (Å²) in [4.78, 5) is 29.3. The number of likely N-dealkylation sites (tertiary alicyclic amines) is 1. The third-order valence-electron chi connectivity index (χ3n) is 5.16. The smallest absolute Gasteiger partial charge is 0.295 e. The number of aliphatic hydroxyl groups excluding tert-OH is 1. The number of hydrogen-bond acceptors (Lipinski definition) is 5. The molecule has 1 atom stereocenters. The van der Waals surface area contributed by atoms with Crippen LogP contribution in [0.3, 0.4) is 0 Å². The number of benzene rings is 2. The van der Waals surface area contributed by atoms with E-state index in [4.69, 9.17) is 4.74 Å². The van der Waals surface area contributed by atoms with Gasteiger partial charge in [-0.15, -0.1) is 0 Å². The topological polar surface area (TPSA) is 70.1 Å². The van der Waals surface area contributed by atoms with Gasteiger partial charge in [-0.05, 0) is 45.6 Å². The van der Waals surface area contributed by atoms with Gasteiger partial charge in [0, 0.05) is 18.7 Å². The minimum atomic E-state index is -0.661. The van der Waals surface area contributed by atoms with E-state index in [0.29, 0.717) is 31.0 Å². The van der Waals surface area contributed by atoms with Crippen LogP contribution in [-0.4, -0.2) is 60.4 Å². The average Bonchev–Trinajstić information content (AvgIpc) is 2.98. The fourth-order valence-electron chi connectivity index (χ4n) is 3.54. The van der Waals surface area contributed by atoms with Crippen molar-refractivity contribution in [2.45, 2.75) is 19.9 Å². The van der Waals surface area contributed by atoms with Crippen molar-refractivity contribution in [3.8, 4) is 5.75 Å². The number of nitrogens with zero attached hydrogens (tertiary/aromatic N) is 2. The number of ether oxygens (including phenoxy) is 1. The molecule has 2 aromatic rings. The summed E-state index contributed by atoms with van der Waals surface area (Å²) in [7, 11) is 3.82. The molecule has 1 N–H and O–H groups in total. The van der Waals surface area contributed by atoms with E-state index < -0.39 is 17.7 Å². The summed E-state index contributed by atoms with van der Waals surface area (Å²) >= 11 is 0. The summed E-state index contributed by atoms with van der Waals surface area (Å²) in [5, 5.41) is 11.0. The summed E-state index contributed by atoms with van der Waals surface area (Å²) in [5.41, 5.74) is 2.43. The Hall–Kier alpha value is -3.12. The monoisotopic (exact) mass is 408 g/mol. The number of rotatable bonds is 7. The van der Waals surface area contributed by atoms with Crippen LogP contribution < -0.4 is 4.74 Å². The Kier molecular flexibility index (Phi) is 6.57. The number of hydrogen-bond donors (Lipinski definition) is 1. The summed E-state index contributed by atoms with van der Waals surface area (Å²) in [6.45, 7) is 5.38. The van der Waals surface area contributed by atoms with Gasteiger partial charge >= 0.3 is 0 Å². The van der Waals surface area contributed by atoms with Crippen molar-refractivity contribution in [3.05, 3.63) is 70.8 Å². The lowest BCUT2D eigenvalue weighted by atomic mass is 9.95. The number of carbonyl (C=O) groups is 2. The van der Waals surface area contributed by atoms with Crippen LogP contribution in [0.4, 0.5) is 0 Å². The molecule has 1 aliphatic rings. The van der Waals surface area contributed by atoms with E-state index in [-0.39, 0.29) is 11.3 Å². The number of aryl methyl sites for hydroxylation is 1. The first-order chi connectivity index (χ1) is 14.3. The summed E-state index contributed by atoms with van der Waals surface area (Å²) < 4.78 is 5.51. The molecular formula is C24H28N2O4. The molecule has 6 heteroatoms. The molecule has 30 heavy (non-hydrogen) atoms. The van der Waals surface area contributed by atoms with Crippen LogP contribution in [-0.2, 0) is 9.59 Å². The van der Waals surface area contributed by atoms with Gasteiger partial charge in [0.15, 0.2) is 0 Å². The van der Waals surface area contributed by atoms with E-state index in [2.05, 4.69) is 0 Å². The zero-order chi connectivity index (χ0) is 21.8. The molecule has 0 bridgehead atoms. The molecule has 6 nitrogen and oxygen atoms in total. The van der Waals surface area contributed by atoms with Crippen LogP contribution in [0.5, 0.6) is 5.75 Å². The molecule has 2 aromatic carbocycles. The van der Waals surface area contributed by atoms with Crippen molar-refractivity contribution < 1.29 is 19.4 Å². The largest absolute Gasteiger partial charge is 0.507 e. The molecule has 1 heterocycles. The minimum absolute atomic E-state index is 0.117. The minimum Gasteiger partial charge on any atom is -0.507 e. The normalized spacial score (nSPS) is 18.3. The van der Waals surface area contributed by atoms with E-state index >= 15 is 0 Å². The maximum atomic E-state index is 12.9. The predicted molar refractivity (Wildman–Crippen MR) is 116 cm³/mol. The average molecular weight is 408 g/mol. The molecule has 0 radical (unpaired) electrons. The number of amides is 1. The van der Waals surface area contributed by atoms with Gasteiger partial charge in [0.1, 0.15) is 11.5 Å². The number of carbonyl (C=O) groups excluding carboxylic acids is 2. The van der Waals surface area contributed by atoms with Crippen LogP contribution in [0.15, 0.2) is 54.1 Å². The first-order valence-corrected chi connectivity index (χ1v) is 10.1. The molecule has 0 saturated carbocycles. The highest BCUT2D eigenvalue weighted by Crippen LogP contribution is 2.39. The number of aliphatic hydroxyl groups is 1. The number of Topliss-reactive ketones (excluding diaryl/α,β-unsaturated/α-hetero) is 1. The fraction of sp³-hybridized carbons (Fsp3) is 0.333. The lowest BCUT2D eigenvalue weighted by Gasteiger charge is -2.26. The van der Waals surface area contributed by atoms with Crippen molar-refractivity contribution in [3.63, 3.8) is 0 Å². The second-order valence-electron chi connectivity index (χ2n) is 7.66. The Morgan fingerprint density at radius 1 is 1.07 bits per heavy atom. The second kappa shape index (κ2) is 9.13.